The van der Waals surface area contributed by atoms with Gasteiger partial charge in [-0.3, -0.25) is 4.99 Å². The molecule has 7 nitrogen and oxygen atoms in total. The molecule has 1 aliphatic carbocycles. The summed E-state index contributed by atoms with van der Waals surface area (Å²) < 4.78 is 0. The molecule has 0 spiro atoms. The van der Waals surface area contributed by atoms with Gasteiger partial charge < -0.3 is 21.3 Å². The van der Waals surface area contributed by atoms with Crippen LogP contribution in [0.5, 0.6) is 0 Å². The Morgan fingerprint density at radius 2 is 2.10 bits per heavy atom. The van der Waals surface area contributed by atoms with Crippen LogP contribution in [0.15, 0.2) is 36.0 Å². The van der Waals surface area contributed by atoms with E-state index >= 15 is 0 Å². The predicted molar refractivity (Wildman–Crippen MR) is 122 cm³/mol. The first kappa shape index (κ1) is 19.1. The first-order valence-electron chi connectivity index (χ1n) is 10.8. The van der Waals surface area contributed by atoms with Crippen LogP contribution in [-0.4, -0.2) is 41.5 Å². The van der Waals surface area contributed by atoms with E-state index in [1.54, 1.807) is 0 Å². The summed E-state index contributed by atoms with van der Waals surface area (Å²) in [5.74, 6) is 1.79. The number of hydrogen-bond acceptors (Lipinski definition) is 7. The second-order valence-electron chi connectivity index (χ2n) is 8.52. The molecular weight excluding hydrogens is 374 g/mol. The molecule has 3 heterocycles. The Hall–Kier alpha value is -2.93. The molecule has 0 bridgehead atoms. The van der Waals surface area contributed by atoms with Gasteiger partial charge in [-0.1, -0.05) is 31.6 Å². The summed E-state index contributed by atoms with van der Waals surface area (Å²) in [5.41, 5.74) is 18.2. The average Bonchev–Trinajstić information content (AvgIpc) is 3.36. The van der Waals surface area contributed by atoms with Gasteiger partial charge in [-0.15, -0.1) is 0 Å². The number of nitrogens with two attached hydrogens (primary N) is 2. The monoisotopic (exact) mass is 403 g/mol. The highest BCUT2D eigenvalue weighted by atomic mass is 15.3. The van der Waals surface area contributed by atoms with E-state index in [1.165, 1.54) is 18.4 Å². The Labute approximate surface area is 177 Å². The molecule has 0 unspecified atom stereocenters. The molecule has 1 fully saturated rings. The number of aromatic nitrogens is 2. The van der Waals surface area contributed by atoms with Crippen molar-refractivity contribution in [3.63, 3.8) is 0 Å². The summed E-state index contributed by atoms with van der Waals surface area (Å²) in [4.78, 5) is 19.0. The van der Waals surface area contributed by atoms with Crippen LogP contribution < -0.4 is 21.3 Å². The average molecular weight is 404 g/mol. The first-order chi connectivity index (χ1) is 14.5. The lowest BCUT2D eigenvalue weighted by Crippen LogP contribution is -2.48. The SMILES string of the molecule is C=C(N)c1cccc2c1CCN2C1=NCc2nc(N(C)[C@@H]3CCCC[C@@H]3N)cnc21. The normalized spacial score (nSPS) is 22.5. The van der Waals surface area contributed by atoms with Crippen molar-refractivity contribution in [3.8, 4) is 0 Å². The zero-order valence-corrected chi connectivity index (χ0v) is 17.5. The second-order valence-corrected chi connectivity index (χ2v) is 8.52. The maximum absolute atomic E-state index is 6.38. The third-order valence-electron chi connectivity index (χ3n) is 6.69. The zero-order chi connectivity index (χ0) is 20.8. The van der Waals surface area contributed by atoms with Gasteiger partial charge in [0.15, 0.2) is 5.84 Å². The molecule has 1 saturated carbocycles. The Bertz CT molecular complexity index is 1030. The highest BCUT2D eigenvalue weighted by Crippen LogP contribution is 2.35. The Kier molecular flexibility index (Phi) is 4.70. The van der Waals surface area contributed by atoms with Crippen LogP contribution in [0.3, 0.4) is 0 Å². The largest absolute Gasteiger partial charge is 0.399 e. The van der Waals surface area contributed by atoms with Crippen LogP contribution in [0, 0.1) is 0 Å². The molecule has 2 atom stereocenters. The standard InChI is InChI=1S/C23H29N7/c1-14(24)15-6-5-9-19-16(15)10-11-30(19)23-22-18(12-27-23)28-21(13-26-22)29(2)20-8-4-3-7-17(20)25/h5-6,9,13,17,20H,1,3-4,7-8,10-12,24-25H2,2H3/t17-,20+/m0/s1. The van der Waals surface area contributed by atoms with Crippen LogP contribution in [0.1, 0.15) is 48.2 Å². The summed E-state index contributed by atoms with van der Waals surface area (Å²) in [6, 6.07) is 6.69. The molecule has 0 saturated heterocycles. The molecule has 0 radical (unpaired) electrons. The highest BCUT2D eigenvalue weighted by Gasteiger charge is 2.32. The lowest BCUT2D eigenvalue weighted by atomic mass is 9.90. The first-order valence-corrected chi connectivity index (χ1v) is 10.8. The minimum absolute atomic E-state index is 0.193. The number of fused-ring (bicyclic) bond motifs is 2. The molecule has 1 aromatic heterocycles. The smallest absolute Gasteiger partial charge is 0.156 e. The molecule has 7 heteroatoms. The molecule has 5 rings (SSSR count). The Morgan fingerprint density at radius 1 is 1.27 bits per heavy atom. The van der Waals surface area contributed by atoms with Crippen LogP contribution in [0.4, 0.5) is 11.5 Å². The molecule has 0 amide bonds. The molecular formula is C23H29N7. The van der Waals surface area contributed by atoms with Crippen molar-refractivity contribution in [3.05, 3.63) is 53.5 Å². The molecule has 2 aromatic rings. The van der Waals surface area contributed by atoms with Crippen molar-refractivity contribution >= 4 is 23.0 Å². The third-order valence-corrected chi connectivity index (χ3v) is 6.69. The van der Waals surface area contributed by atoms with Gasteiger partial charge >= 0.3 is 0 Å². The van der Waals surface area contributed by atoms with Gasteiger partial charge in [0.1, 0.15) is 11.5 Å². The van der Waals surface area contributed by atoms with Gasteiger partial charge in [0, 0.05) is 42.6 Å². The third kappa shape index (κ3) is 3.04. The van der Waals surface area contributed by atoms with Gasteiger partial charge in [-0.25, -0.2) is 9.97 Å². The lowest BCUT2D eigenvalue weighted by Gasteiger charge is -2.36. The van der Waals surface area contributed by atoms with Crippen LogP contribution in [-0.2, 0) is 13.0 Å². The molecule has 156 valence electrons. The topological polar surface area (TPSA) is 96.7 Å². The summed E-state index contributed by atoms with van der Waals surface area (Å²) in [7, 11) is 2.08. The van der Waals surface area contributed by atoms with E-state index in [0.29, 0.717) is 18.3 Å². The van der Waals surface area contributed by atoms with E-state index in [1.807, 2.05) is 18.3 Å². The van der Waals surface area contributed by atoms with Crippen molar-refractivity contribution in [2.75, 3.05) is 23.4 Å². The summed E-state index contributed by atoms with van der Waals surface area (Å²) >= 11 is 0. The summed E-state index contributed by atoms with van der Waals surface area (Å²) in [6.45, 7) is 5.34. The Morgan fingerprint density at radius 3 is 2.90 bits per heavy atom. The van der Waals surface area contributed by atoms with Gasteiger partial charge in [0.2, 0.25) is 0 Å². The van der Waals surface area contributed by atoms with Crippen LogP contribution >= 0.6 is 0 Å². The van der Waals surface area contributed by atoms with Gasteiger partial charge in [-0.2, -0.15) is 0 Å². The van der Waals surface area contributed by atoms with Gasteiger partial charge in [-0.05, 0) is 30.9 Å². The van der Waals surface area contributed by atoms with Crippen LogP contribution in [0.25, 0.3) is 5.70 Å². The van der Waals surface area contributed by atoms with Crippen molar-refractivity contribution in [1.29, 1.82) is 0 Å². The predicted octanol–water partition coefficient (Wildman–Crippen LogP) is 2.43. The number of anilines is 2. The van der Waals surface area contributed by atoms with E-state index < -0.39 is 0 Å². The molecule has 1 aromatic carbocycles. The summed E-state index contributed by atoms with van der Waals surface area (Å²) in [6.07, 6.45) is 7.42. The van der Waals surface area contributed by atoms with E-state index in [-0.39, 0.29) is 6.04 Å². The zero-order valence-electron chi connectivity index (χ0n) is 17.5. The molecule has 4 N–H and O–H groups in total. The number of benzene rings is 1. The number of nitrogens with zero attached hydrogens (tertiary/aromatic N) is 5. The number of hydrogen-bond donors (Lipinski definition) is 2. The van der Waals surface area contributed by atoms with Crippen molar-refractivity contribution < 1.29 is 0 Å². The van der Waals surface area contributed by atoms with E-state index in [4.69, 9.17) is 26.4 Å². The molecule has 3 aliphatic rings. The maximum atomic E-state index is 6.38. The fourth-order valence-corrected chi connectivity index (χ4v) is 5.07. The van der Waals surface area contributed by atoms with Crippen molar-refractivity contribution in [1.82, 2.24) is 9.97 Å². The van der Waals surface area contributed by atoms with E-state index in [0.717, 1.165) is 60.1 Å². The van der Waals surface area contributed by atoms with E-state index in [9.17, 15) is 0 Å². The minimum atomic E-state index is 0.193. The Balaban J connectivity index is 1.42. The molecule has 30 heavy (non-hydrogen) atoms. The highest BCUT2D eigenvalue weighted by molar-refractivity contribution is 6.12. The summed E-state index contributed by atoms with van der Waals surface area (Å²) in [5, 5.41) is 0. The fourth-order valence-electron chi connectivity index (χ4n) is 5.07. The fraction of sp³-hybridized carbons (Fsp3) is 0.435. The van der Waals surface area contributed by atoms with E-state index in [2.05, 4.69) is 29.5 Å². The lowest BCUT2D eigenvalue weighted by molar-refractivity contribution is 0.372. The van der Waals surface area contributed by atoms with Gasteiger partial charge in [0.05, 0.1) is 18.4 Å². The second kappa shape index (κ2) is 7.40. The quantitative estimate of drug-likeness (QED) is 0.817. The number of likely N-dealkylation sites (N-methyl/N-ethyl adjacent to an activating group) is 1. The maximum Gasteiger partial charge on any atom is 0.156 e. The number of amidine groups is 1. The van der Waals surface area contributed by atoms with Gasteiger partial charge in [0.25, 0.3) is 0 Å². The van der Waals surface area contributed by atoms with Crippen molar-refractivity contribution in [2.45, 2.75) is 50.7 Å². The minimum Gasteiger partial charge on any atom is -0.399 e. The number of aliphatic imine (C=N–C) groups is 1. The number of rotatable bonds is 3. The van der Waals surface area contributed by atoms with Crippen LogP contribution in [0.2, 0.25) is 0 Å². The molecule has 2 aliphatic heterocycles. The van der Waals surface area contributed by atoms with Crippen molar-refractivity contribution in [2.24, 2.45) is 16.5 Å².